The predicted molar refractivity (Wildman–Crippen MR) is 190 cm³/mol. The van der Waals surface area contributed by atoms with Gasteiger partial charge in [-0.1, -0.05) is 180 Å². The largest absolute Gasteiger partial charge is 0.481 e. The van der Waals surface area contributed by atoms with Crippen molar-refractivity contribution >= 4 is 11.9 Å². The van der Waals surface area contributed by atoms with E-state index in [1.807, 2.05) is 0 Å². The van der Waals surface area contributed by atoms with E-state index in [2.05, 4.69) is 19.1 Å². The van der Waals surface area contributed by atoms with Crippen LogP contribution < -0.4 is 0 Å². The number of carboxylic acids is 1. The van der Waals surface area contributed by atoms with Crippen LogP contribution in [0.4, 0.5) is 0 Å². The number of carboxylic acid groups (broad SMARTS) is 1. The van der Waals surface area contributed by atoms with Gasteiger partial charge in [-0.3, -0.25) is 9.59 Å². The van der Waals surface area contributed by atoms with E-state index < -0.39 is 5.97 Å². The van der Waals surface area contributed by atoms with Gasteiger partial charge in [0.1, 0.15) is 0 Å². The van der Waals surface area contributed by atoms with Gasteiger partial charge in [0.05, 0.1) is 6.61 Å². The highest BCUT2D eigenvalue weighted by Crippen LogP contribution is 2.15. The molecule has 0 aliphatic heterocycles. The van der Waals surface area contributed by atoms with Gasteiger partial charge in [0.25, 0.3) is 0 Å². The molecular formula is C40H76O4. The average molecular weight is 621 g/mol. The Balaban J connectivity index is 3.17. The van der Waals surface area contributed by atoms with Gasteiger partial charge >= 0.3 is 11.9 Å². The van der Waals surface area contributed by atoms with Crippen molar-refractivity contribution in [2.75, 3.05) is 6.61 Å². The summed E-state index contributed by atoms with van der Waals surface area (Å²) >= 11 is 0. The summed E-state index contributed by atoms with van der Waals surface area (Å²) in [6.07, 6.45) is 46.6. The highest BCUT2D eigenvalue weighted by Gasteiger charge is 2.03. The molecule has 0 spiro atoms. The second-order valence-corrected chi connectivity index (χ2v) is 13.4. The van der Waals surface area contributed by atoms with E-state index in [1.165, 1.54) is 173 Å². The van der Waals surface area contributed by atoms with E-state index in [0.29, 0.717) is 19.4 Å². The zero-order chi connectivity index (χ0) is 32.0. The zero-order valence-corrected chi connectivity index (χ0v) is 29.6. The molecule has 1 N–H and O–H groups in total. The van der Waals surface area contributed by atoms with Crippen molar-refractivity contribution in [3.05, 3.63) is 12.2 Å². The molecule has 0 aliphatic carbocycles. The fraction of sp³-hybridized carbons (Fsp3) is 0.900. The Morgan fingerprint density at radius 2 is 0.750 bits per heavy atom. The first-order chi connectivity index (χ1) is 21.7. The SMILES string of the molecule is CCCCCCC=CCCCCCCCCCCCC(=O)OCCCCCCCCCCCCCCCCCCCC(=O)O. The van der Waals surface area contributed by atoms with Crippen LogP contribution in [0.15, 0.2) is 12.2 Å². The second-order valence-electron chi connectivity index (χ2n) is 13.4. The summed E-state index contributed by atoms with van der Waals surface area (Å²) in [5.74, 6) is -0.655. The minimum absolute atomic E-state index is 0.00740. The van der Waals surface area contributed by atoms with E-state index in [9.17, 15) is 9.59 Å². The lowest BCUT2D eigenvalue weighted by Gasteiger charge is -2.06. The fourth-order valence-electron chi connectivity index (χ4n) is 5.98. The molecule has 0 atom stereocenters. The fourth-order valence-corrected chi connectivity index (χ4v) is 5.98. The summed E-state index contributed by atoms with van der Waals surface area (Å²) in [7, 11) is 0. The number of carbonyl (C=O) groups excluding carboxylic acids is 1. The maximum Gasteiger partial charge on any atom is 0.305 e. The molecule has 260 valence electrons. The highest BCUT2D eigenvalue weighted by atomic mass is 16.5. The summed E-state index contributed by atoms with van der Waals surface area (Å²) in [5, 5.41) is 8.64. The van der Waals surface area contributed by atoms with Crippen molar-refractivity contribution in [1.82, 2.24) is 0 Å². The maximum absolute atomic E-state index is 12.0. The third kappa shape index (κ3) is 38.7. The van der Waals surface area contributed by atoms with Crippen molar-refractivity contribution in [2.45, 2.75) is 225 Å². The molecule has 0 unspecified atom stereocenters. The first kappa shape index (κ1) is 42.7. The van der Waals surface area contributed by atoms with Crippen molar-refractivity contribution in [1.29, 1.82) is 0 Å². The molecule has 4 heteroatoms. The van der Waals surface area contributed by atoms with Crippen LogP contribution in [0.3, 0.4) is 0 Å². The molecule has 0 radical (unpaired) electrons. The number of rotatable bonds is 37. The van der Waals surface area contributed by atoms with E-state index in [0.717, 1.165) is 32.1 Å². The molecular weight excluding hydrogens is 544 g/mol. The number of ether oxygens (including phenoxy) is 1. The zero-order valence-electron chi connectivity index (χ0n) is 29.6. The summed E-state index contributed by atoms with van der Waals surface area (Å²) in [5.41, 5.74) is 0. The number of aliphatic carboxylic acids is 1. The minimum Gasteiger partial charge on any atom is -0.481 e. The van der Waals surface area contributed by atoms with Crippen LogP contribution in [-0.4, -0.2) is 23.7 Å². The monoisotopic (exact) mass is 621 g/mol. The molecule has 0 rings (SSSR count). The normalized spacial score (nSPS) is 11.5. The third-order valence-corrected chi connectivity index (χ3v) is 8.94. The smallest absolute Gasteiger partial charge is 0.305 e. The van der Waals surface area contributed by atoms with Crippen LogP contribution >= 0.6 is 0 Å². The molecule has 0 bridgehead atoms. The van der Waals surface area contributed by atoms with Gasteiger partial charge in [0.2, 0.25) is 0 Å². The van der Waals surface area contributed by atoms with Crippen LogP contribution in [0.5, 0.6) is 0 Å². The van der Waals surface area contributed by atoms with Gasteiger partial charge in [-0.15, -0.1) is 0 Å². The summed E-state index contributed by atoms with van der Waals surface area (Å²) in [6, 6.07) is 0. The topological polar surface area (TPSA) is 63.6 Å². The van der Waals surface area contributed by atoms with Crippen LogP contribution in [0.1, 0.15) is 225 Å². The van der Waals surface area contributed by atoms with Gasteiger partial charge in [0, 0.05) is 12.8 Å². The summed E-state index contributed by atoms with van der Waals surface area (Å²) in [4.78, 5) is 22.4. The van der Waals surface area contributed by atoms with Crippen LogP contribution in [0, 0.1) is 0 Å². The summed E-state index contributed by atoms with van der Waals surface area (Å²) < 4.78 is 5.44. The molecule has 44 heavy (non-hydrogen) atoms. The van der Waals surface area contributed by atoms with Gasteiger partial charge in [-0.25, -0.2) is 0 Å². The minimum atomic E-state index is -0.663. The van der Waals surface area contributed by atoms with Crippen molar-refractivity contribution in [3.63, 3.8) is 0 Å². The maximum atomic E-state index is 12.0. The van der Waals surface area contributed by atoms with E-state index in [4.69, 9.17) is 9.84 Å². The van der Waals surface area contributed by atoms with Gasteiger partial charge in [-0.2, -0.15) is 0 Å². The highest BCUT2D eigenvalue weighted by molar-refractivity contribution is 5.69. The first-order valence-electron chi connectivity index (χ1n) is 19.7. The lowest BCUT2D eigenvalue weighted by molar-refractivity contribution is -0.144. The Morgan fingerprint density at radius 1 is 0.432 bits per heavy atom. The Labute approximate surface area is 275 Å². The van der Waals surface area contributed by atoms with E-state index in [-0.39, 0.29) is 5.97 Å². The van der Waals surface area contributed by atoms with Gasteiger partial charge in [0.15, 0.2) is 0 Å². The van der Waals surface area contributed by atoms with E-state index in [1.54, 1.807) is 0 Å². The number of unbranched alkanes of at least 4 members (excludes halogenated alkanes) is 29. The molecule has 0 amide bonds. The van der Waals surface area contributed by atoms with Crippen LogP contribution in [0.25, 0.3) is 0 Å². The molecule has 0 aliphatic rings. The molecule has 0 aromatic carbocycles. The van der Waals surface area contributed by atoms with Gasteiger partial charge < -0.3 is 9.84 Å². The molecule has 0 heterocycles. The van der Waals surface area contributed by atoms with Crippen molar-refractivity contribution < 1.29 is 19.4 Å². The Morgan fingerprint density at radius 3 is 1.14 bits per heavy atom. The van der Waals surface area contributed by atoms with Crippen LogP contribution in [-0.2, 0) is 14.3 Å². The Kier molecular flexibility index (Phi) is 36.7. The standard InChI is InChI=1S/C40H76O4/c1-2-3-4-5-6-7-8-9-10-12-16-19-22-25-28-31-34-37-40(43)44-38-35-32-29-26-23-20-17-14-11-13-15-18-21-24-27-30-33-36-39(41)42/h7-8H,2-6,9-38H2,1H3,(H,41,42). The molecule has 0 aromatic heterocycles. The summed E-state index contributed by atoms with van der Waals surface area (Å²) in [6.45, 7) is 2.88. The molecule has 0 aromatic rings. The number of carbonyl (C=O) groups is 2. The van der Waals surface area contributed by atoms with E-state index >= 15 is 0 Å². The third-order valence-electron chi connectivity index (χ3n) is 8.94. The first-order valence-corrected chi connectivity index (χ1v) is 19.7. The second kappa shape index (κ2) is 37.9. The number of allylic oxidation sites excluding steroid dienone is 2. The lowest BCUT2D eigenvalue weighted by Crippen LogP contribution is -2.05. The van der Waals surface area contributed by atoms with Gasteiger partial charge in [-0.05, 0) is 44.9 Å². The predicted octanol–water partition coefficient (Wildman–Crippen LogP) is 13.5. The molecule has 4 nitrogen and oxygen atoms in total. The molecule has 0 saturated carbocycles. The molecule has 0 saturated heterocycles. The lowest BCUT2D eigenvalue weighted by atomic mass is 10.0. The van der Waals surface area contributed by atoms with Crippen molar-refractivity contribution in [3.8, 4) is 0 Å². The molecule has 0 fully saturated rings. The Bertz CT molecular complexity index is 614. The number of hydrogen-bond acceptors (Lipinski definition) is 3. The number of esters is 1. The number of hydrogen-bond donors (Lipinski definition) is 1. The Hall–Kier alpha value is -1.32. The average Bonchev–Trinajstić information content (AvgIpc) is 3.01. The quantitative estimate of drug-likeness (QED) is 0.0426. The van der Waals surface area contributed by atoms with Crippen molar-refractivity contribution in [2.24, 2.45) is 0 Å². The van der Waals surface area contributed by atoms with Crippen LogP contribution in [0.2, 0.25) is 0 Å².